The molecule has 0 bridgehead atoms. The normalized spacial score (nSPS) is 12.1. The van der Waals surface area contributed by atoms with Crippen LogP contribution in [0.2, 0.25) is 0 Å². The molecular weight excluding hydrogens is 388 g/mol. The third kappa shape index (κ3) is 8.95. The first-order valence-corrected chi connectivity index (χ1v) is 11.3. The van der Waals surface area contributed by atoms with Crippen LogP contribution in [0.5, 0.6) is 0 Å². The molecule has 0 N–H and O–H groups in total. The maximum absolute atomic E-state index is 12.3. The largest absolute Gasteiger partial charge is 0.458 e. The van der Waals surface area contributed by atoms with E-state index in [4.69, 9.17) is 9.47 Å². The first kappa shape index (κ1) is 24.6. The molecule has 4 nitrogen and oxygen atoms in total. The molecule has 0 aliphatic carbocycles. The lowest BCUT2D eigenvalue weighted by molar-refractivity contribution is 0.00448. The second kappa shape index (κ2) is 12.3. The van der Waals surface area contributed by atoms with Crippen LogP contribution in [0.3, 0.4) is 0 Å². The van der Waals surface area contributed by atoms with Crippen molar-refractivity contribution in [3.05, 3.63) is 70.8 Å². The number of esters is 2. The van der Waals surface area contributed by atoms with Crippen LogP contribution in [0.4, 0.5) is 0 Å². The van der Waals surface area contributed by atoms with E-state index in [-0.39, 0.29) is 6.61 Å². The van der Waals surface area contributed by atoms with Gasteiger partial charge in [0.05, 0.1) is 11.1 Å². The minimum atomic E-state index is -0.526. The highest BCUT2D eigenvalue weighted by Crippen LogP contribution is 2.13. The molecule has 0 heterocycles. The Morgan fingerprint density at radius 3 is 1.52 bits per heavy atom. The molecule has 0 aliphatic heterocycles. The van der Waals surface area contributed by atoms with E-state index in [1.165, 1.54) is 11.1 Å². The summed E-state index contributed by atoms with van der Waals surface area (Å²) < 4.78 is 10.7. The van der Waals surface area contributed by atoms with E-state index in [2.05, 4.69) is 27.7 Å². The van der Waals surface area contributed by atoms with Gasteiger partial charge in [-0.05, 0) is 79.8 Å². The highest BCUT2D eigenvalue weighted by molar-refractivity contribution is 5.90. The van der Waals surface area contributed by atoms with Crippen molar-refractivity contribution in [3.8, 4) is 0 Å². The summed E-state index contributed by atoms with van der Waals surface area (Å²) in [4.78, 5) is 24.6. The maximum atomic E-state index is 12.3. The van der Waals surface area contributed by atoms with Crippen LogP contribution in [0, 0.1) is 11.8 Å². The van der Waals surface area contributed by atoms with Gasteiger partial charge in [0.1, 0.15) is 12.7 Å². The number of benzene rings is 2. The van der Waals surface area contributed by atoms with E-state index in [1.807, 2.05) is 24.3 Å². The number of rotatable bonds is 11. The average Bonchev–Trinajstić information content (AvgIpc) is 2.75. The molecule has 0 saturated heterocycles. The zero-order valence-electron chi connectivity index (χ0n) is 19.5. The van der Waals surface area contributed by atoms with Crippen molar-refractivity contribution < 1.29 is 19.1 Å². The van der Waals surface area contributed by atoms with Crippen LogP contribution in [-0.2, 0) is 22.3 Å². The minimum absolute atomic E-state index is 0.0200. The van der Waals surface area contributed by atoms with Crippen LogP contribution in [0.25, 0.3) is 0 Å². The first-order chi connectivity index (χ1) is 14.7. The van der Waals surface area contributed by atoms with E-state index in [1.54, 1.807) is 31.2 Å². The monoisotopic (exact) mass is 424 g/mol. The maximum Gasteiger partial charge on any atom is 0.338 e. The van der Waals surface area contributed by atoms with Gasteiger partial charge in [-0.1, -0.05) is 52.0 Å². The fraction of sp³-hybridized carbons (Fsp3) is 0.481. The molecule has 0 fully saturated rings. The fourth-order valence-corrected chi connectivity index (χ4v) is 3.09. The molecule has 0 radical (unpaired) electrons. The van der Waals surface area contributed by atoms with Crippen molar-refractivity contribution in [2.75, 3.05) is 6.61 Å². The number of carbonyl (C=O) groups is 2. The van der Waals surface area contributed by atoms with E-state index in [0.29, 0.717) is 23.0 Å². The molecule has 2 aromatic carbocycles. The molecule has 0 aliphatic rings. The second-order valence-corrected chi connectivity index (χ2v) is 9.07. The van der Waals surface area contributed by atoms with Gasteiger partial charge in [0, 0.05) is 0 Å². The van der Waals surface area contributed by atoms with E-state index < -0.39 is 18.0 Å². The van der Waals surface area contributed by atoms with E-state index in [9.17, 15) is 9.59 Å². The number of hydrogen-bond donors (Lipinski definition) is 0. The topological polar surface area (TPSA) is 52.6 Å². The zero-order chi connectivity index (χ0) is 22.8. The Morgan fingerprint density at radius 1 is 0.677 bits per heavy atom. The van der Waals surface area contributed by atoms with Crippen molar-refractivity contribution >= 4 is 11.9 Å². The Kier molecular flexibility index (Phi) is 9.77. The Labute approximate surface area is 187 Å². The molecule has 0 aromatic heterocycles. The van der Waals surface area contributed by atoms with Crippen LogP contribution in [0.1, 0.15) is 79.3 Å². The lowest BCUT2D eigenvalue weighted by Crippen LogP contribution is -2.22. The molecule has 2 rings (SSSR count). The number of aryl methyl sites for hydroxylation is 2. The smallest absolute Gasteiger partial charge is 0.338 e. The second-order valence-electron chi connectivity index (χ2n) is 9.07. The van der Waals surface area contributed by atoms with Gasteiger partial charge in [-0.3, -0.25) is 0 Å². The molecule has 0 spiro atoms. The van der Waals surface area contributed by atoms with Gasteiger partial charge in [-0.15, -0.1) is 0 Å². The SMILES string of the molecule is CC(C)CCc1ccc(C(=O)OCC(C)OC(=O)c2ccc(CCC(C)C)cc2)cc1. The summed E-state index contributed by atoms with van der Waals surface area (Å²) in [6, 6.07) is 15.0. The first-order valence-electron chi connectivity index (χ1n) is 11.3. The molecule has 4 heteroatoms. The summed E-state index contributed by atoms with van der Waals surface area (Å²) in [5.74, 6) is 0.481. The van der Waals surface area contributed by atoms with Gasteiger partial charge < -0.3 is 9.47 Å². The lowest BCUT2D eigenvalue weighted by Gasteiger charge is -2.14. The Bertz CT molecular complexity index is 819. The number of hydrogen-bond acceptors (Lipinski definition) is 4. The molecule has 1 unspecified atom stereocenters. The predicted octanol–water partition coefficient (Wildman–Crippen LogP) is 6.27. The van der Waals surface area contributed by atoms with E-state index in [0.717, 1.165) is 25.7 Å². The Hall–Kier alpha value is -2.62. The summed E-state index contributed by atoms with van der Waals surface area (Å²) in [6.07, 6.45) is 3.71. The Morgan fingerprint density at radius 2 is 1.10 bits per heavy atom. The molecule has 31 heavy (non-hydrogen) atoms. The summed E-state index contributed by atoms with van der Waals surface area (Å²) in [5, 5.41) is 0. The average molecular weight is 425 g/mol. The minimum Gasteiger partial charge on any atom is -0.458 e. The van der Waals surface area contributed by atoms with Crippen molar-refractivity contribution in [2.24, 2.45) is 11.8 Å². The van der Waals surface area contributed by atoms with Crippen LogP contribution >= 0.6 is 0 Å². The summed E-state index contributed by atoms with van der Waals surface area (Å²) in [7, 11) is 0. The molecule has 0 saturated carbocycles. The predicted molar refractivity (Wildman–Crippen MR) is 124 cm³/mol. The van der Waals surface area contributed by atoms with Crippen molar-refractivity contribution in [3.63, 3.8) is 0 Å². The van der Waals surface area contributed by atoms with Gasteiger partial charge in [0.25, 0.3) is 0 Å². The number of carbonyl (C=O) groups excluding carboxylic acids is 2. The molecule has 0 amide bonds. The van der Waals surface area contributed by atoms with Crippen LogP contribution < -0.4 is 0 Å². The summed E-state index contributed by atoms with van der Waals surface area (Å²) >= 11 is 0. The van der Waals surface area contributed by atoms with Crippen molar-refractivity contribution in [1.29, 1.82) is 0 Å². The van der Waals surface area contributed by atoms with Crippen molar-refractivity contribution in [2.45, 2.75) is 66.4 Å². The van der Waals surface area contributed by atoms with Crippen molar-refractivity contribution in [1.82, 2.24) is 0 Å². The van der Waals surface area contributed by atoms with Gasteiger partial charge in [-0.25, -0.2) is 9.59 Å². The highest BCUT2D eigenvalue weighted by Gasteiger charge is 2.15. The standard InChI is InChI=1S/C27H36O4/c1-19(2)6-8-22-10-14-24(15-11-22)26(28)30-18-21(5)31-27(29)25-16-12-23(13-17-25)9-7-20(3)4/h10-17,19-21H,6-9,18H2,1-5H3. The van der Waals surface area contributed by atoms with Gasteiger partial charge >= 0.3 is 11.9 Å². The molecule has 168 valence electrons. The quantitative estimate of drug-likeness (QED) is 0.399. The van der Waals surface area contributed by atoms with Gasteiger partial charge in [0.15, 0.2) is 0 Å². The molecule has 1 atom stereocenters. The van der Waals surface area contributed by atoms with Crippen LogP contribution in [0.15, 0.2) is 48.5 Å². The summed E-state index contributed by atoms with van der Waals surface area (Å²) in [5.41, 5.74) is 3.43. The highest BCUT2D eigenvalue weighted by atomic mass is 16.6. The fourth-order valence-electron chi connectivity index (χ4n) is 3.09. The molecule has 2 aromatic rings. The number of ether oxygens (including phenoxy) is 2. The van der Waals surface area contributed by atoms with E-state index >= 15 is 0 Å². The Balaban J connectivity index is 1.78. The third-order valence-corrected chi connectivity index (χ3v) is 5.16. The zero-order valence-corrected chi connectivity index (χ0v) is 19.5. The lowest BCUT2D eigenvalue weighted by atomic mass is 10.0. The van der Waals surface area contributed by atoms with Crippen LogP contribution in [-0.4, -0.2) is 24.6 Å². The summed E-state index contributed by atoms with van der Waals surface area (Å²) in [6.45, 7) is 10.5. The van der Waals surface area contributed by atoms with Gasteiger partial charge in [-0.2, -0.15) is 0 Å². The molecular formula is C27H36O4. The third-order valence-electron chi connectivity index (χ3n) is 5.16. The van der Waals surface area contributed by atoms with Gasteiger partial charge in [0.2, 0.25) is 0 Å².